The smallest absolute Gasteiger partial charge is 0.143 e. The van der Waals surface area contributed by atoms with Gasteiger partial charge in [0.05, 0.1) is 24.3 Å². The van der Waals surface area contributed by atoms with E-state index in [9.17, 15) is 0 Å². The molecule has 0 aliphatic heterocycles. The second-order valence-corrected chi connectivity index (χ2v) is 11.9. The van der Waals surface area contributed by atoms with E-state index in [0.29, 0.717) is 13.2 Å². The Hall–Kier alpha value is -5.84. The number of rotatable bonds is 7. The molecule has 4 nitrogen and oxygen atoms in total. The van der Waals surface area contributed by atoms with E-state index in [-0.39, 0.29) is 0 Å². The lowest BCUT2D eigenvalue weighted by atomic mass is 9.88. The van der Waals surface area contributed by atoms with E-state index in [1.54, 1.807) is 0 Å². The van der Waals surface area contributed by atoms with E-state index in [0.717, 1.165) is 77.8 Å². The molecule has 0 heterocycles. The molecule has 6 aromatic carbocycles. The van der Waals surface area contributed by atoms with Crippen LogP contribution < -0.4 is 19.3 Å². The van der Waals surface area contributed by atoms with Crippen LogP contribution in [0.5, 0.6) is 11.5 Å². The number of anilines is 2. The Morgan fingerprint density at radius 2 is 0.854 bits per heavy atom. The Balaban J connectivity index is 1.63. The predicted octanol–water partition coefficient (Wildman–Crippen LogP) is 9.39. The Morgan fingerprint density at radius 1 is 0.479 bits per heavy atom. The number of benzene rings is 6. The van der Waals surface area contributed by atoms with Crippen molar-refractivity contribution in [3.63, 3.8) is 0 Å². The highest BCUT2D eigenvalue weighted by Crippen LogP contribution is 2.48. The largest absolute Gasteiger partial charge is 0.492 e. The van der Waals surface area contributed by atoms with Gasteiger partial charge in [0.25, 0.3) is 0 Å². The number of hydrogen-bond acceptors (Lipinski definition) is 4. The van der Waals surface area contributed by atoms with E-state index in [1.165, 1.54) is 0 Å². The summed E-state index contributed by atoms with van der Waals surface area (Å²) < 4.78 is 13.1. The van der Waals surface area contributed by atoms with E-state index < -0.39 is 0 Å². The Kier molecular flexibility index (Phi) is 9.56. The molecule has 6 aromatic rings. The van der Waals surface area contributed by atoms with Crippen LogP contribution in [0.2, 0.25) is 0 Å². The van der Waals surface area contributed by atoms with E-state index >= 15 is 0 Å². The van der Waals surface area contributed by atoms with Crippen molar-refractivity contribution in [3.8, 4) is 46.3 Å². The molecule has 0 radical (unpaired) electrons. The van der Waals surface area contributed by atoms with Gasteiger partial charge in [0.1, 0.15) is 11.5 Å². The summed E-state index contributed by atoms with van der Waals surface area (Å²) in [5, 5.41) is 4.29. The Morgan fingerprint density at radius 3 is 1.21 bits per heavy atom. The number of hydrogen-bond donors (Lipinski definition) is 0. The SMILES string of the molecule is CCOc1c(C#Cc2ccc(N(C)C)cc2)cc2ccccc2c1-c1c(OCC)c(C#Cc2ccc(N(C)C)cc2)cc2ccccc12. The zero-order valence-corrected chi connectivity index (χ0v) is 28.5. The minimum absolute atomic E-state index is 0.488. The van der Waals surface area contributed by atoms with Crippen LogP contribution in [0, 0.1) is 23.7 Å². The lowest BCUT2D eigenvalue weighted by Gasteiger charge is -2.21. The maximum absolute atomic E-state index is 6.55. The molecule has 0 aliphatic carbocycles. The molecular weight excluding hydrogens is 588 g/mol. The van der Waals surface area contributed by atoms with Crippen molar-refractivity contribution in [2.75, 3.05) is 51.2 Å². The molecule has 48 heavy (non-hydrogen) atoms. The topological polar surface area (TPSA) is 24.9 Å². The van der Waals surface area contributed by atoms with Crippen molar-refractivity contribution in [2.45, 2.75) is 13.8 Å². The first-order valence-electron chi connectivity index (χ1n) is 16.3. The average molecular weight is 629 g/mol. The summed E-state index contributed by atoms with van der Waals surface area (Å²) in [7, 11) is 8.15. The normalized spacial score (nSPS) is 10.5. The maximum atomic E-state index is 6.55. The first kappa shape index (κ1) is 32.1. The second-order valence-electron chi connectivity index (χ2n) is 11.9. The summed E-state index contributed by atoms with van der Waals surface area (Å²) in [5.74, 6) is 15.2. The van der Waals surface area contributed by atoms with Gasteiger partial charge in [-0.05, 0) is 96.1 Å². The van der Waals surface area contributed by atoms with Gasteiger partial charge in [-0.2, -0.15) is 0 Å². The van der Waals surface area contributed by atoms with Gasteiger partial charge in [-0.15, -0.1) is 0 Å². The molecule has 0 aliphatic rings. The van der Waals surface area contributed by atoms with Crippen LogP contribution >= 0.6 is 0 Å². The highest BCUT2D eigenvalue weighted by atomic mass is 16.5. The minimum atomic E-state index is 0.488. The van der Waals surface area contributed by atoms with Crippen LogP contribution in [0.3, 0.4) is 0 Å². The second kappa shape index (κ2) is 14.3. The molecule has 0 spiro atoms. The Bertz CT molecular complexity index is 2050. The molecule has 0 unspecified atom stereocenters. The van der Waals surface area contributed by atoms with Crippen LogP contribution in [-0.2, 0) is 0 Å². The molecule has 0 N–H and O–H groups in total. The summed E-state index contributed by atoms with van der Waals surface area (Å²) in [6, 6.07) is 37.7. The molecule has 0 saturated carbocycles. The van der Waals surface area contributed by atoms with E-state index in [4.69, 9.17) is 9.47 Å². The van der Waals surface area contributed by atoms with Crippen molar-refractivity contribution in [3.05, 3.63) is 131 Å². The van der Waals surface area contributed by atoms with Gasteiger partial charge in [-0.1, -0.05) is 72.2 Å². The van der Waals surface area contributed by atoms with E-state index in [1.807, 2.05) is 42.0 Å². The van der Waals surface area contributed by atoms with Gasteiger partial charge >= 0.3 is 0 Å². The highest BCUT2D eigenvalue weighted by Gasteiger charge is 2.23. The van der Waals surface area contributed by atoms with Gasteiger partial charge in [-0.3, -0.25) is 0 Å². The van der Waals surface area contributed by atoms with Gasteiger partial charge in [0, 0.05) is 61.8 Å². The molecular formula is C44H40N2O2. The number of ether oxygens (including phenoxy) is 2. The standard InChI is InChI=1S/C44H40N2O2/c1-7-47-43-35(23-17-31-19-25-37(26-20-31)45(3)4)29-33-13-9-11-15-39(33)41(43)42-40-16-12-10-14-34(40)30-36(44(42)48-8-2)24-18-32-21-27-38(28-22-32)46(5)6/h9-16,19-22,25-30H,7-8H2,1-6H3. The molecule has 0 saturated heterocycles. The summed E-state index contributed by atoms with van der Waals surface area (Å²) in [4.78, 5) is 4.17. The van der Waals surface area contributed by atoms with E-state index in [2.05, 4.69) is 143 Å². The van der Waals surface area contributed by atoms with Gasteiger partial charge in [0.2, 0.25) is 0 Å². The van der Waals surface area contributed by atoms with Crippen molar-refractivity contribution in [1.82, 2.24) is 0 Å². The summed E-state index contributed by atoms with van der Waals surface area (Å²) in [5.41, 5.74) is 7.71. The van der Waals surface area contributed by atoms with Crippen LogP contribution in [0.15, 0.2) is 109 Å². The molecule has 0 amide bonds. The fourth-order valence-electron chi connectivity index (χ4n) is 5.89. The molecule has 0 atom stereocenters. The molecule has 4 heteroatoms. The van der Waals surface area contributed by atoms with Crippen LogP contribution in [0.1, 0.15) is 36.1 Å². The molecule has 0 aromatic heterocycles. The number of fused-ring (bicyclic) bond motifs is 2. The third kappa shape index (κ3) is 6.66. The van der Waals surface area contributed by atoms with Crippen molar-refractivity contribution < 1.29 is 9.47 Å². The monoisotopic (exact) mass is 628 g/mol. The lowest BCUT2D eigenvalue weighted by molar-refractivity contribution is 0.336. The average Bonchev–Trinajstić information content (AvgIpc) is 3.10. The molecule has 0 bridgehead atoms. The van der Waals surface area contributed by atoms with Gasteiger partial charge in [0.15, 0.2) is 0 Å². The molecule has 238 valence electrons. The van der Waals surface area contributed by atoms with Crippen LogP contribution in [-0.4, -0.2) is 41.4 Å². The number of nitrogens with zero attached hydrogens (tertiary/aromatic N) is 2. The first-order valence-corrected chi connectivity index (χ1v) is 16.3. The fraction of sp³-hybridized carbons (Fsp3) is 0.182. The fourth-order valence-corrected chi connectivity index (χ4v) is 5.89. The van der Waals surface area contributed by atoms with Crippen LogP contribution in [0.25, 0.3) is 32.7 Å². The summed E-state index contributed by atoms with van der Waals surface area (Å²) in [6.07, 6.45) is 0. The lowest BCUT2D eigenvalue weighted by Crippen LogP contribution is -2.07. The Labute approximate surface area is 284 Å². The molecule has 0 fully saturated rings. The summed E-state index contributed by atoms with van der Waals surface area (Å²) >= 11 is 0. The quantitative estimate of drug-likeness (QED) is 0.165. The van der Waals surface area contributed by atoms with Crippen molar-refractivity contribution in [2.24, 2.45) is 0 Å². The first-order chi connectivity index (χ1) is 23.4. The highest BCUT2D eigenvalue weighted by molar-refractivity contribution is 6.11. The maximum Gasteiger partial charge on any atom is 0.143 e. The molecule has 6 rings (SSSR count). The van der Waals surface area contributed by atoms with Gasteiger partial charge in [-0.25, -0.2) is 0 Å². The third-order valence-electron chi connectivity index (χ3n) is 8.28. The van der Waals surface area contributed by atoms with Crippen molar-refractivity contribution >= 4 is 32.9 Å². The minimum Gasteiger partial charge on any atom is -0.492 e. The third-order valence-corrected chi connectivity index (χ3v) is 8.28. The van der Waals surface area contributed by atoms with Crippen molar-refractivity contribution in [1.29, 1.82) is 0 Å². The zero-order chi connectivity index (χ0) is 33.6. The van der Waals surface area contributed by atoms with Crippen LogP contribution in [0.4, 0.5) is 11.4 Å². The van der Waals surface area contributed by atoms with Gasteiger partial charge < -0.3 is 19.3 Å². The summed E-state index contributed by atoms with van der Waals surface area (Å²) in [6.45, 7) is 5.01. The zero-order valence-electron chi connectivity index (χ0n) is 28.5. The predicted molar refractivity (Wildman–Crippen MR) is 203 cm³/mol.